The lowest BCUT2D eigenvalue weighted by Crippen LogP contribution is -2.26. The lowest BCUT2D eigenvalue weighted by Gasteiger charge is -2.18. The van der Waals surface area contributed by atoms with Crippen LogP contribution in [-0.4, -0.2) is 26.4 Å². The molecule has 1 aromatic rings. The van der Waals surface area contributed by atoms with Crippen molar-refractivity contribution in [3.05, 3.63) is 34.6 Å². The zero-order chi connectivity index (χ0) is 13.8. The lowest BCUT2D eigenvalue weighted by atomic mass is 10.1. The third-order valence-corrected chi connectivity index (χ3v) is 2.58. The zero-order valence-corrected chi connectivity index (χ0v) is 10.3. The summed E-state index contributed by atoms with van der Waals surface area (Å²) in [7, 11) is 1.53. The molecule has 0 saturated carbocycles. The molecule has 1 unspecified atom stereocenters. The first-order valence-electron chi connectivity index (χ1n) is 5.10. The van der Waals surface area contributed by atoms with E-state index < -0.39 is 24.6 Å². The Labute approximate surface area is 107 Å². The van der Waals surface area contributed by atoms with Crippen LogP contribution in [0.2, 0.25) is 5.02 Å². The first kappa shape index (κ1) is 15.2. The van der Waals surface area contributed by atoms with Gasteiger partial charge in [0, 0.05) is 5.02 Å². The molecule has 18 heavy (non-hydrogen) atoms. The van der Waals surface area contributed by atoms with Crippen molar-refractivity contribution in [3.63, 3.8) is 0 Å². The van der Waals surface area contributed by atoms with Crippen molar-refractivity contribution >= 4 is 11.6 Å². The summed E-state index contributed by atoms with van der Waals surface area (Å²) in [5, 5.41) is 3.00. The first-order chi connectivity index (χ1) is 8.33. The minimum Gasteiger partial charge on any atom is -0.370 e. The zero-order valence-electron chi connectivity index (χ0n) is 9.52. The van der Waals surface area contributed by atoms with Gasteiger partial charge >= 0.3 is 6.18 Å². The highest BCUT2D eigenvalue weighted by molar-refractivity contribution is 6.31. The quantitative estimate of drug-likeness (QED) is 0.838. The van der Waals surface area contributed by atoms with E-state index in [0.717, 1.165) is 0 Å². The van der Waals surface area contributed by atoms with Crippen LogP contribution < -0.4 is 5.32 Å². The summed E-state index contributed by atoms with van der Waals surface area (Å²) >= 11 is 5.85. The van der Waals surface area contributed by atoms with Gasteiger partial charge in [0.25, 0.3) is 0 Å². The van der Waals surface area contributed by atoms with E-state index in [1.165, 1.54) is 25.2 Å². The van der Waals surface area contributed by atoms with Crippen LogP contribution in [-0.2, 0) is 4.74 Å². The van der Waals surface area contributed by atoms with Crippen molar-refractivity contribution in [2.24, 2.45) is 0 Å². The van der Waals surface area contributed by atoms with E-state index in [0.29, 0.717) is 5.56 Å². The van der Waals surface area contributed by atoms with Crippen LogP contribution in [0.15, 0.2) is 18.2 Å². The number of hydrogen-bond acceptors (Lipinski definition) is 2. The molecule has 0 spiro atoms. The van der Waals surface area contributed by atoms with E-state index in [1.807, 2.05) is 0 Å². The van der Waals surface area contributed by atoms with Gasteiger partial charge in [-0.1, -0.05) is 11.6 Å². The Hall–Kier alpha value is -0.850. The Morgan fingerprint density at radius 1 is 1.39 bits per heavy atom. The van der Waals surface area contributed by atoms with Crippen molar-refractivity contribution in [3.8, 4) is 0 Å². The van der Waals surface area contributed by atoms with Crippen molar-refractivity contribution in [1.82, 2.24) is 5.32 Å². The maximum absolute atomic E-state index is 13.0. The number of alkyl halides is 3. The van der Waals surface area contributed by atoms with Gasteiger partial charge in [-0.15, -0.1) is 0 Å². The molecule has 2 nitrogen and oxygen atoms in total. The summed E-state index contributed by atoms with van der Waals surface area (Å²) in [5.41, 5.74) is 0.362. The summed E-state index contributed by atoms with van der Waals surface area (Å²) in [5.74, 6) is -0.509. The van der Waals surface area contributed by atoms with Gasteiger partial charge in [-0.3, -0.25) is 0 Å². The number of nitrogens with one attached hydrogen (secondary N) is 1. The maximum Gasteiger partial charge on any atom is 0.411 e. The van der Waals surface area contributed by atoms with Gasteiger partial charge in [0.05, 0.1) is 12.6 Å². The van der Waals surface area contributed by atoms with E-state index in [1.54, 1.807) is 0 Å². The molecule has 0 bridgehead atoms. The summed E-state index contributed by atoms with van der Waals surface area (Å²) in [6.45, 7) is -1.60. The summed E-state index contributed by atoms with van der Waals surface area (Å²) in [6.07, 6.45) is -4.38. The molecule has 0 fully saturated rings. The molecule has 0 heterocycles. The number of hydrogen-bond donors (Lipinski definition) is 1. The maximum atomic E-state index is 13.0. The Balaban J connectivity index is 2.68. The van der Waals surface area contributed by atoms with E-state index in [-0.39, 0.29) is 11.6 Å². The molecule has 0 aliphatic carbocycles. The standard InChI is InChI=1S/C11H12ClF4NO/c1-17-10(5-18-6-11(14,15)16)8-4-7(13)2-3-9(8)12/h2-4,10,17H,5-6H2,1H3. The van der Waals surface area contributed by atoms with Gasteiger partial charge < -0.3 is 10.1 Å². The molecule has 0 aromatic heterocycles. The molecule has 1 aromatic carbocycles. The monoisotopic (exact) mass is 285 g/mol. The average Bonchev–Trinajstić information content (AvgIpc) is 2.27. The topological polar surface area (TPSA) is 21.3 Å². The highest BCUT2D eigenvalue weighted by atomic mass is 35.5. The number of ether oxygens (including phenoxy) is 1. The third-order valence-electron chi connectivity index (χ3n) is 2.23. The predicted molar refractivity (Wildman–Crippen MR) is 60.1 cm³/mol. The summed E-state index contributed by atoms with van der Waals surface area (Å²) in [4.78, 5) is 0. The second-order valence-electron chi connectivity index (χ2n) is 3.64. The highest BCUT2D eigenvalue weighted by Gasteiger charge is 2.28. The van der Waals surface area contributed by atoms with E-state index in [4.69, 9.17) is 11.6 Å². The van der Waals surface area contributed by atoms with Crippen LogP contribution in [0.1, 0.15) is 11.6 Å². The second-order valence-corrected chi connectivity index (χ2v) is 4.04. The minimum absolute atomic E-state index is 0.251. The molecule has 1 atom stereocenters. The minimum atomic E-state index is -4.38. The molecular formula is C11H12ClF4NO. The van der Waals surface area contributed by atoms with Gasteiger partial charge in [-0.2, -0.15) is 13.2 Å². The largest absolute Gasteiger partial charge is 0.411 e. The Bertz CT molecular complexity index is 397. The number of halogens is 5. The van der Waals surface area contributed by atoms with Crippen molar-refractivity contribution in [1.29, 1.82) is 0 Å². The van der Waals surface area contributed by atoms with Crippen molar-refractivity contribution in [2.75, 3.05) is 20.3 Å². The average molecular weight is 286 g/mol. The fraction of sp³-hybridized carbons (Fsp3) is 0.455. The van der Waals surface area contributed by atoms with Crippen molar-refractivity contribution in [2.45, 2.75) is 12.2 Å². The van der Waals surface area contributed by atoms with Crippen LogP contribution in [0, 0.1) is 5.82 Å². The number of likely N-dealkylation sites (N-methyl/N-ethyl adjacent to an activating group) is 1. The van der Waals surface area contributed by atoms with Gasteiger partial charge in [-0.25, -0.2) is 4.39 Å². The van der Waals surface area contributed by atoms with Crippen LogP contribution in [0.5, 0.6) is 0 Å². The van der Waals surface area contributed by atoms with Crippen LogP contribution in [0.3, 0.4) is 0 Å². The van der Waals surface area contributed by atoms with Gasteiger partial charge in [0.1, 0.15) is 12.4 Å². The Morgan fingerprint density at radius 2 is 2.06 bits per heavy atom. The predicted octanol–water partition coefficient (Wildman–Crippen LogP) is 3.32. The van der Waals surface area contributed by atoms with E-state index in [2.05, 4.69) is 10.1 Å². The van der Waals surface area contributed by atoms with Crippen molar-refractivity contribution < 1.29 is 22.3 Å². The molecular weight excluding hydrogens is 274 g/mol. The molecule has 0 radical (unpaired) electrons. The number of rotatable bonds is 5. The first-order valence-corrected chi connectivity index (χ1v) is 5.48. The molecule has 0 aliphatic rings. The van der Waals surface area contributed by atoms with Gasteiger partial charge in [0.2, 0.25) is 0 Å². The molecule has 1 rings (SSSR count). The highest BCUT2D eigenvalue weighted by Crippen LogP contribution is 2.24. The summed E-state index contributed by atoms with van der Waals surface area (Å²) < 4.78 is 53.4. The lowest BCUT2D eigenvalue weighted by molar-refractivity contribution is -0.175. The van der Waals surface area contributed by atoms with Gasteiger partial charge in [0.15, 0.2) is 0 Å². The number of benzene rings is 1. The van der Waals surface area contributed by atoms with Crippen LogP contribution >= 0.6 is 11.6 Å². The molecule has 102 valence electrons. The molecule has 0 amide bonds. The second kappa shape index (κ2) is 6.36. The van der Waals surface area contributed by atoms with E-state index >= 15 is 0 Å². The van der Waals surface area contributed by atoms with E-state index in [9.17, 15) is 17.6 Å². The normalized spacial score (nSPS) is 13.7. The fourth-order valence-electron chi connectivity index (χ4n) is 1.40. The molecule has 7 heteroatoms. The van der Waals surface area contributed by atoms with Crippen LogP contribution in [0.4, 0.5) is 17.6 Å². The Morgan fingerprint density at radius 3 is 2.61 bits per heavy atom. The third kappa shape index (κ3) is 4.80. The molecule has 1 N–H and O–H groups in total. The summed E-state index contributed by atoms with van der Waals surface area (Å²) in [6, 6.07) is 3.09. The molecule has 0 aliphatic heterocycles. The van der Waals surface area contributed by atoms with Crippen LogP contribution in [0.25, 0.3) is 0 Å². The molecule has 0 saturated heterocycles. The fourth-order valence-corrected chi connectivity index (χ4v) is 1.65. The van der Waals surface area contributed by atoms with Gasteiger partial charge in [-0.05, 0) is 30.8 Å². The SMILES string of the molecule is CNC(COCC(F)(F)F)c1cc(F)ccc1Cl. The Kier molecular flexibility index (Phi) is 5.37. The smallest absolute Gasteiger partial charge is 0.370 e.